The van der Waals surface area contributed by atoms with E-state index in [1.54, 1.807) is 33.7 Å². The largest absolute Gasteiger partial charge is 0.497 e. The van der Waals surface area contributed by atoms with Crippen LogP contribution in [0.15, 0.2) is 63.6 Å². The number of carbonyl (C=O) groups is 2. The number of amides is 2. The molecule has 1 N–H and O–H groups in total. The predicted octanol–water partition coefficient (Wildman–Crippen LogP) is 5.80. The second kappa shape index (κ2) is 13.4. The third kappa shape index (κ3) is 6.76. The SMILES string of the molecule is COc1ccc2c(c1)C(CC(=O)NCc1ccco1)=C(C)C2=Cc1cc(OC)c(SC(=O)N2CCN(C)CC2)c(OC)c1. The summed E-state index contributed by atoms with van der Waals surface area (Å²) in [5.74, 6) is 2.44. The van der Waals surface area contributed by atoms with Crippen LogP contribution in [0.4, 0.5) is 4.79 Å². The Bertz CT molecular complexity index is 1530. The van der Waals surface area contributed by atoms with Gasteiger partial charge >= 0.3 is 0 Å². The average Bonchev–Trinajstić information content (AvgIpc) is 3.63. The third-order valence-corrected chi connectivity index (χ3v) is 8.86. The fraction of sp³-hybridized carbons (Fsp3) is 0.333. The molecule has 2 heterocycles. The number of allylic oxidation sites excluding steroid dienone is 2. The Balaban J connectivity index is 1.45. The van der Waals surface area contributed by atoms with Crippen molar-refractivity contribution >= 4 is 40.1 Å². The lowest BCUT2D eigenvalue weighted by molar-refractivity contribution is -0.120. The van der Waals surface area contributed by atoms with Gasteiger partial charge in [0, 0.05) is 26.2 Å². The van der Waals surface area contributed by atoms with Crippen molar-refractivity contribution in [2.75, 3.05) is 54.6 Å². The van der Waals surface area contributed by atoms with E-state index >= 15 is 0 Å². The van der Waals surface area contributed by atoms with E-state index in [4.69, 9.17) is 18.6 Å². The van der Waals surface area contributed by atoms with E-state index in [2.05, 4.69) is 23.3 Å². The molecule has 2 aliphatic rings. The first-order chi connectivity index (χ1) is 20.8. The van der Waals surface area contributed by atoms with Gasteiger partial charge in [0.1, 0.15) is 27.9 Å². The van der Waals surface area contributed by atoms with Crippen molar-refractivity contribution in [1.29, 1.82) is 0 Å². The molecule has 0 unspecified atom stereocenters. The molecule has 0 atom stereocenters. The molecule has 1 aliphatic carbocycles. The standard InChI is InChI=1S/C33H37N3O6S/c1-21-26(25-9-8-23(39-3)18-28(25)27(21)19-31(37)34-20-24-7-6-14-42-24)15-22-16-29(40-4)32(30(17-22)41-5)43-33(38)36-12-10-35(2)11-13-36/h6-9,14-18H,10-13,19-20H2,1-5H3,(H,34,37). The zero-order chi connectivity index (χ0) is 30.5. The van der Waals surface area contributed by atoms with Crippen molar-refractivity contribution in [2.24, 2.45) is 0 Å². The quantitative estimate of drug-likeness (QED) is 0.307. The van der Waals surface area contributed by atoms with Crippen LogP contribution in [0.1, 0.15) is 35.8 Å². The number of thioether (sulfide) groups is 1. The molecule has 1 aliphatic heterocycles. The van der Waals surface area contributed by atoms with E-state index in [1.165, 1.54) is 0 Å². The summed E-state index contributed by atoms with van der Waals surface area (Å²) in [4.78, 5) is 30.8. The minimum absolute atomic E-state index is 0.0248. The second-order valence-electron chi connectivity index (χ2n) is 10.5. The number of rotatable bonds is 9. The number of carbonyl (C=O) groups excluding carboxylic acids is 2. The lowest BCUT2D eigenvalue weighted by Gasteiger charge is -2.32. The van der Waals surface area contributed by atoms with Crippen LogP contribution in [0.25, 0.3) is 17.2 Å². The molecule has 0 saturated carbocycles. The number of ether oxygens (including phenoxy) is 3. The number of methoxy groups -OCH3 is 3. The molecule has 0 spiro atoms. The van der Waals surface area contributed by atoms with E-state index in [-0.39, 0.29) is 17.6 Å². The van der Waals surface area contributed by atoms with Crippen molar-refractivity contribution in [3.63, 3.8) is 0 Å². The number of hydrogen-bond donors (Lipinski definition) is 1. The number of fused-ring (bicyclic) bond motifs is 1. The van der Waals surface area contributed by atoms with Crippen molar-refractivity contribution in [3.8, 4) is 17.2 Å². The highest BCUT2D eigenvalue weighted by Gasteiger charge is 2.27. The van der Waals surface area contributed by atoms with Gasteiger partial charge in [-0.2, -0.15) is 0 Å². The Kier molecular flexibility index (Phi) is 9.47. The van der Waals surface area contributed by atoms with Gasteiger partial charge in [-0.05, 0) is 102 Å². The smallest absolute Gasteiger partial charge is 0.286 e. The highest BCUT2D eigenvalue weighted by Crippen LogP contribution is 2.46. The van der Waals surface area contributed by atoms with Crippen LogP contribution in [-0.2, 0) is 11.3 Å². The van der Waals surface area contributed by atoms with Crippen LogP contribution in [-0.4, -0.2) is 75.5 Å². The third-order valence-electron chi connectivity index (χ3n) is 7.82. The molecule has 5 rings (SSSR count). The Morgan fingerprint density at radius 1 is 0.977 bits per heavy atom. The summed E-state index contributed by atoms with van der Waals surface area (Å²) in [6.07, 6.45) is 3.86. The molecule has 1 saturated heterocycles. The van der Waals surface area contributed by atoms with Gasteiger partial charge in [-0.3, -0.25) is 9.59 Å². The Morgan fingerprint density at radius 2 is 1.70 bits per heavy atom. The molecular weight excluding hydrogens is 566 g/mol. The number of nitrogens with zero attached hydrogens (tertiary/aromatic N) is 2. The molecular formula is C33H37N3O6S. The minimum atomic E-state index is -0.101. The zero-order valence-electron chi connectivity index (χ0n) is 25.2. The first-order valence-corrected chi connectivity index (χ1v) is 14.9. The van der Waals surface area contributed by atoms with E-state index < -0.39 is 0 Å². The van der Waals surface area contributed by atoms with Gasteiger partial charge in [0.15, 0.2) is 0 Å². The number of piperazine rings is 1. The first-order valence-electron chi connectivity index (χ1n) is 14.1. The monoisotopic (exact) mass is 603 g/mol. The molecule has 226 valence electrons. The van der Waals surface area contributed by atoms with Gasteiger partial charge in [0.05, 0.1) is 40.6 Å². The molecule has 9 nitrogen and oxygen atoms in total. The normalized spacial score (nSPS) is 15.9. The molecule has 43 heavy (non-hydrogen) atoms. The summed E-state index contributed by atoms with van der Waals surface area (Å²) in [6.45, 7) is 5.43. The van der Waals surface area contributed by atoms with Gasteiger partial charge in [-0.25, -0.2) is 0 Å². The highest BCUT2D eigenvalue weighted by atomic mass is 32.2. The Hall–Kier alpha value is -4.15. The van der Waals surface area contributed by atoms with Crippen LogP contribution < -0.4 is 19.5 Å². The van der Waals surface area contributed by atoms with Crippen molar-refractivity contribution in [2.45, 2.75) is 24.8 Å². The van der Waals surface area contributed by atoms with Gasteiger partial charge < -0.3 is 33.7 Å². The summed E-state index contributed by atoms with van der Waals surface area (Å²) >= 11 is 1.13. The molecule has 1 aromatic heterocycles. The zero-order valence-corrected chi connectivity index (χ0v) is 26.0. The van der Waals surface area contributed by atoms with Gasteiger partial charge in [-0.15, -0.1) is 0 Å². The maximum absolute atomic E-state index is 13.1. The van der Waals surface area contributed by atoms with Crippen LogP contribution in [0.3, 0.4) is 0 Å². The van der Waals surface area contributed by atoms with Crippen molar-refractivity contribution < 1.29 is 28.2 Å². The summed E-state index contributed by atoms with van der Waals surface area (Å²) in [5, 5.41) is 2.92. The van der Waals surface area contributed by atoms with Gasteiger partial charge in [-0.1, -0.05) is 6.07 Å². The van der Waals surface area contributed by atoms with E-state index in [9.17, 15) is 9.59 Å². The average molecular weight is 604 g/mol. The lowest BCUT2D eigenvalue weighted by Crippen LogP contribution is -2.45. The van der Waals surface area contributed by atoms with Crippen LogP contribution in [0.2, 0.25) is 0 Å². The number of nitrogens with one attached hydrogen (secondary N) is 1. The number of likely N-dealkylation sites (N-methyl/N-ethyl adjacent to an activating group) is 1. The maximum atomic E-state index is 13.1. The Labute approximate surface area is 256 Å². The first kappa shape index (κ1) is 30.3. The lowest BCUT2D eigenvalue weighted by atomic mass is 10.00. The number of benzene rings is 2. The highest BCUT2D eigenvalue weighted by molar-refractivity contribution is 8.13. The fourth-order valence-corrected chi connectivity index (χ4v) is 6.30. The predicted molar refractivity (Wildman–Crippen MR) is 168 cm³/mol. The summed E-state index contributed by atoms with van der Waals surface area (Å²) in [7, 11) is 6.88. The maximum Gasteiger partial charge on any atom is 0.286 e. The topological polar surface area (TPSA) is 93.5 Å². The molecule has 0 bridgehead atoms. The molecule has 2 amide bonds. The molecule has 0 radical (unpaired) electrons. The Morgan fingerprint density at radius 3 is 2.33 bits per heavy atom. The molecule has 1 fully saturated rings. The number of furan rings is 1. The van der Waals surface area contributed by atoms with Crippen molar-refractivity contribution in [1.82, 2.24) is 15.1 Å². The van der Waals surface area contributed by atoms with E-state index in [0.717, 1.165) is 64.0 Å². The van der Waals surface area contributed by atoms with Gasteiger partial charge in [0.25, 0.3) is 5.24 Å². The van der Waals surface area contributed by atoms with Crippen molar-refractivity contribution in [3.05, 3.63) is 76.8 Å². The fourth-order valence-electron chi connectivity index (χ4n) is 5.33. The second-order valence-corrected chi connectivity index (χ2v) is 11.5. The van der Waals surface area contributed by atoms with Gasteiger partial charge in [0.2, 0.25) is 5.91 Å². The molecule has 3 aromatic rings. The molecule has 10 heteroatoms. The molecule has 2 aromatic carbocycles. The van der Waals surface area contributed by atoms with Crippen LogP contribution in [0.5, 0.6) is 17.2 Å². The summed E-state index contributed by atoms with van der Waals surface area (Å²) in [6, 6.07) is 13.4. The van der Waals surface area contributed by atoms with E-state index in [1.807, 2.05) is 48.2 Å². The van der Waals surface area contributed by atoms with Crippen LogP contribution >= 0.6 is 11.8 Å². The summed E-state index contributed by atoms with van der Waals surface area (Å²) < 4.78 is 22.4. The van der Waals surface area contributed by atoms with E-state index in [0.29, 0.717) is 41.8 Å². The minimum Gasteiger partial charge on any atom is -0.497 e. The van der Waals surface area contributed by atoms with Crippen LogP contribution in [0, 0.1) is 0 Å². The summed E-state index contributed by atoms with van der Waals surface area (Å²) in [5.41, 5.74) is 5.74. The number of hydrogen-bond acceptors (Lipinski definition) is 8.